The molecule has 3 aromatic heterocycles. The minimum absolute atomic E-state index is 0.00155. The van der Waals surface area contributed by atoms with Crippen molar-refractivity contribution < 1.29 is 26.5 Å². The number of hydrogen-bond donors (Lipinski definition) is 0. The van der Waals surface area contributed by atoms with Crippen LogP contribution in [0.4, 0.5) is 17.6 Å². The number of alkyl halides is 3. The standard InChI is InChI=1S/C23H11Cl2F4N3O2/c24-12-4-1-5-13(10-12)32-22(23(27,28)29)14(11-30-32)21-19(17-8-3-9-33-17)20(31-34-21)18-15(25)6-2-7-16(18)26/h1-11H. The lowest BCUT2D eigenvalue weighted by Crippen LogP contribution is -2.14. The first kappa shape index (κ1) is 22.2. The van der Waals surface area contributed by atoms with Gasteiger partial charge in [-0.3, -0.25) is 0 Å². The summed E-state index contributed by atoms with van der Waals surface area (Å²) in [5.74, 6) is -0.940. The van der Waals surface area contributed by atoms with E-state index in [-0.39, 0.29) is 44.1 Å². The van der Waals surface area contributed by atoms with Gasteiger partial charge in [-0.2, -0.15) is 18.3 Å². The van der Waals surface area contributed by atoms with Gasteiger partial charge in [0.2, 0.25) is 0 Å². The first-order valence-electron chi connectivity index (χ1n) is 9.65. The zero-order valence-electron chi connectivity index (χ0n) is 16.8. The highest BCUT2D eigenvalue weighted by atomic mass is 35.5. The van der Waals surface area contributed by atoms with Crippen molar-refractivity contribution in [3.05, 3.63) is 88.6 Å². The van der Waals surface area contributed by atoms with Crippen LogP contribution in [0.25, 0.3) is 39.6 Å². The molecule has 0 N–H and O–H groups in total. The summed E-state index contributed by atoms with van der Waals surface area (Å²) in [6.45, 7) is 0. The molecule has 5 nitrogen and oxygen atoms in total. The Morgan fingerprint density at radius 1 is 0.941 bits per heavy atom. The van der Waals surface area contributed by atoms with Crippen molar-refractivity contribution in [2.75, 3.05) is 0 Å². The highest BCUT2D eigenvalue weighted by Gasteiger charge is 2.41. The second-order valence-corrected chi connectivity index (χ2v) is 7.95. The Labute approximate surface area is 199 Å². The van der Waals surface area contributed by atoms with Gasteiger partial charge in [-0.25, -0.2) is 9.07 Å². The first-order valence-corrected chi connectivity index (χ1v) is 10.4. The normalized spacial score (nSPS) is 11.8. The summed E-state index contributed by atoms with van der Waals surface area (Å²) in [5.41, 5.74) is -1.73. The van der Waals surface area contributed by atoms with Gasteiger partial charge in [-0.1, -0.05) is 40.5 Å². The summed E-state index contributed by atoms with van der Waals surface area (Å²) in [6, 6.07) is 12.8. The topological polar surface area (TPSA) is 57.0 Å². The minimum Gasteiger partial charge on any atom is -0.464 e. The van der Waals surface area contributed by atoms with Crippen LogP contribution in [-0.2, 0) is 6.18 Å². The zero-order chi connectivity index (χ0) is 24.0. The number of nitrogens with zero attached hydrogens (tertiary/aromatic N) is 3. The molecule has 0 aliphatic heterocycles. The van der Waals surface area contributed by atoms with E-state index >= 15 is 0 Å². The number of hydrogen-bond acceptors (Lipinski definition) is 4. The van der Waals surface area contributed by atoms with Gasteiger partial charge in [0.1, 0.15) is 17.3 Å². The van der Waals surface area contributed by atoms with E-state index < -0.39 is 23.3 Å². The Bertz CT molecular complexity index is 1470. The van der Waals surface area contributed by atoms with Gasteiger partial charge in [0, 0.05) is 5.02 Å². The lowest BCUT2D eigenvalue weighted by molar-refractivity contribution is -0.142. The van der Waals surface area contributed by atoms with Crippen molar-refractivity contribution in [3.8, 4) is 39.6 Å². The molecule has 11 heteroatoms. The Kier molecular flexibility index (Phi) is 5.45. The van der Waals surface area contributed by atoms with E-state index in [2.05, 4.69) is 10.3 Å². The summed E-state index contributed by atoms with van der Waals surface area (Å²) in [6.07, 6.45) is -2.54. The van der Waals surface area contributed by atoms with E-state index in [4.69, 9.17) is 32.1 Å². The molecule has 0 fully saturated rings. The maximum Gasteiger partial charge on any atom is 0.434 e. The molecule has 0 unspecified atom stereocenters. The van der Waals surface area contributed by atoms with Gasteiger partial charge >= 0.3 is 6.18 Å². The van der Waals surface area contributed by atoms with Crippen LogP contribution in [0.3, 0.4) is 0 Å². The lowest BCUT2D eigenvalue weighted by Gasteiger charge is -2.12. The van der Waals surface area contributed by atoms with Gasteiger partial charge in [0.15, 0.2) is 11.5 Å². The highest BCUT2D eigenvalue weighted by Crippen LogP contribution is 2.46. The molecule has 0 saturated carbocycles. The molecule has 5 aromatic rings. The van der Waals surface area contributed by atoms with Crippen LogP contribution in [0, 0.1) is 5.82 Å². The number of furan rings is 1. The summed E-state index contributed by atoms with van der Waals surface area (Å²) in [7, 11) is 0. The summed E-state index contributed by atoms with van der Waals surface area (Å²) in [4.78, 5) is 0. The van der Waals surface area contributed by atoms with E-state index in [1.54, 1.807) is 0 Å². The van der Waals surface area contributed by atoms with Crippen molar-refractivity contribution in [2.45, 2.75) is 6.18 Å². The molecule has 0 amide bonds. The fourth-order valence-corrected chi connectivity index (χ4v) is 4.05. The molecule has 172 valence electrons. The Morgan fingerprint density at radius 3 is 2.41 bits per heavy atom. The van der Waals surface area contributed by atoms with Crippen LogP contribution in [0.2, 0.25) is 10.0 Å². The van der Waals surface area contributed by atoms with Gasteiger partial charge < -0.3 is 8.94 Å². The van der Waals surface area contributed by atoms with E-state index in [9.17, 15) is 17.6 Å². The second kappa shape index (κ2) is 8.34. The molecule has 3 heterocycles. The summed E-state index contributed by atoms with van der Waals surface area (Å²) < 4.78 is 69.0. The van der Waals surface area contributed by atoms with Crippen molar-refractivity contribution in [3.63, 3.8) is 0 Å². The monoisotopic (exact) mass is 507 g/mol. The van der Waals surface area contributed by atoms with Crippen LogP contribution >= 0.6 is 23.2 Å². The van der Waals surface area contributed by atoms with Gasteiger partial charge in [-0.15, -0.1) is 0 Å². The molecule has 0 radical (unpaired) electrons. The number of benzene rings is 2. The molecule has 0 spiro atoms. The number of rotatable bonds is 4. The quantitative estimate of drug-likeness (QED) is 0.232. The zero-order valence-corrected chi connectivity index (χ0v) is 18.3. The smallest absolute Gasteiger partial charge is 0.434 e. The molecule has 0 saturated heterocycles. The van der Waals surface area contributed by atoms with Crippen molar-refractivity contribution in [2.24, 2.45) is 0 Å². The summed E-state index contributed by atoms with van der Waals surface area (Å²) in [5, 5.41) is 8.03. The summed E-state index contributed by atoms with van der Waals surface area (Å²) >= 11 is 12.2. The van der Waals surface area contributed by atoms with Crippen LogP contribution in [0.1, 0.15) is 5.69 Å². The van der Waals surface area contributed by atoms with Crippen LogP contribution in [0.5, 0.6) is 0 Å². The molecule has 5 rings (SSSR count). The predicted octanol–water partition coefficient (Wildman–Crippen LogP) is 7.92. The van der Waals surface area contributed by atoms with Crippen molar-refractivity contribution in [1.82, 2.24) is 14.9 Å². The average molecular weight is 508 g/mol. The van der Waals surface area contributed by atoms with Crippen molar-refractivity contribution in [1.29, 1.82) is 0 Å². The van der Waals surface area contributed by atoms with Crippen LogP contribution in [-0.4, -0.2) is 14.9 Å². The third kappa shape index (κ3) is 3.76. The van der Waals surface area contributed by atoms with Gasteiger partial charge in [0.05, 0.1) is 39.9 Å². The number of aromatic nitrogens is 3. The second-order valence-electron chi connectivity index (χ2n) is 7.11. The molecule has 0 aliphatic rings. The molecule has 0 atom stereocenters. The third-order valence-corrected chi connectivity index (χ3v) is 5.54. The largest absolute Gasteiger partial charge is 0.464 e. The Balaban J connectivity index is 1.80. The molecule has 34 heavy (non-hydrogen) atoms. The Hall–Kier alpha value is -3.56. The SMILES string of the molecule is Fc1cccc(Cl)c1-c1noc(-c2cnn(-c3cccc(Cl)c3)c2C(F)(F)F)c1-c1ccco1. The fourth-order valence-electron chi connectivity index (χ4n) is 3.61. The van der Waals surface area contributed by atoms with Gasteiger partial charge in [-0.05, 0) is 42.5 Å². The molecule has 2 aromatic carbocycles. The van der Waals surface area contributed by atoms with E-state index in [1.807, 2.05) is 0 Å². The molecule has 0 bridgehead atoms. The highest BCUT2D eigenvalue weighted by molar-refractivity contribution is 6.33. The molecular weight excluding hydrogens is 497 g/mol. The van der Waals surface area contributed by atoms with Crippen LogP contribution < -0.4 is 0 Å². The average Bonchev–Trinajstić information content (AvgIpc) is 3.52. The van der Waals surface area contributed by atoms with E-state index in [1.165, 1.54) is 54.8 Å². The molecular formula is C23H11Cl2F4N3O2. The van der Waals surface area contributed by atoms with E-state index in [0.29, 0.717) is 4.68 Å². The lowest BCUT2D eigenvalue weighted by atomic mass is 10.00. The fraction of sp³-hybridized carbons (Fsp3) is 0.0435. The maximum absolute atomic E-state index is 14.7. The predicted molar refractivity (Wildman–Crippen MR) is 117 cm³/mol. The van der Waals surface area contributed by atoms with Crippen molar-refractivity contribution >= 4 is 23.2 Å². The third-order valence-electron chi connectivity index (χ3n) is 4.99. The maximum atomic E-state index is 14.7. The first-order chi connectivity index (χ1) is 16.3. The van der Waals surface area contributed by atoms with Crippen LogP contribution in [0.15, 0.2) is 76.0 Å². The Morgan fingerprint density at radius 2 is 1.74 bits per heavy atom. The van der Waals surface area contributed by atoms with Gasteiger partial charge in [0.25, 0.3) is 0 Å². The van der Waals surface area contributed by atoms with E-state index in [0.717, 1.165) is 12.3 Å². The number of halogens is 6. The minimum atomic E-state index is -4.85. The molecule has 0 aliphatic carbocycles.